The lowest BCUT2D eigenvalue weighted by atomic mass is 10.0. The highest BCUT2D eigenvalue weighted by atomic mass is 15.1. The van der Waals surface area contributed by atoms with Gasteiger partial charge >= 0.3 is 0 Å². The van der Waals surface area contributed by atoms with E-state index in [4.69, 9.17) is 5.26 Å². The molecule has 2 N–H and O–H groups in total. The zero-order chi connectivity index (χ0) is 10.3. The second-order valence-electron chi connectivity index (χ2n) is 3.56. The number of nitrogens with one attached hydrogen (secondary N) is 2. The molecule has 2 aromatic rings. The van der Waals surface area contributed by atoms with Gasteiger partial charge in [-0.25, -0.2) is 0 Å². The van der Waals surface area contributed by atoms with Crippen LogP contribution in [0, 0.1) is 11.3 Å². The van der Waals surface area contributed by atoms with E-state index in [0.29, 0.717) is 0 Å². The van der Waals surface area contributed by atoms with Gasteiger partial charge in [0.25, 0.3) is 0 Å². The third kappa shape index (κ3) is 1.12. The molecule has 72 valence electrons. The van der Waals surface area contributed by atoms with E-state index in [1.807, 2.05) is 24.3 Å². The van der Waals surface area contributed by atoms with Crippen LogP contribution in [0.1, 0.15) is 0 Å². The van der Waals surface area contributed by atoms with Crippen LogP contribution in [-0.2, 0) is 0 Å². The molecular formula is C12H9N3. The van der Waals surface area contributed by atoms with Crippen LogP contribution in [0.3, 0.4) is 0 Å². The molecular weight excluding hydrogens is 186 g/mol. The van der Waals surface area contributed by atoms with Gasteiger partial charge in [-0.3, -0.25) is 0 Å². The minimum atomic E-state index is -0.342. The molecule has 1 heterocycles. The molecule has 0 saturated carbocycles. The van der Waals surface area contributed by atoms with Crippen LogP contribution in [0.25, 0.3) is 10.8 Å². The average Bonchev–Trinajstić information content (AvgIpc) is 2.29. The molecule has 2 aromatic carbocycles. The number of rotatable bonds is 0. The topological polar surface area (TPSA) is 47.9 Å². The number of benzene rings is 2. The Morgan fingerprint density at radius 1 is 1.00 bits per heavy atom. The molecule has 0 saturated heterocycles. The van der Waals surface area contributed by atoms with E-state index in [-0.39, 0.29) is 6.17 Å². The van der Waals surface area contributed by atoms with Crippen LogP contribution in [0.2, 0.25) is 0 Å². The first-order valence-electron chi connectivity index (χ1n) is 4.83. The van der Waals surface area contributed by atoms with Crippen molar-refractivity contribution in [1.29, 1.82) is 5.26 Å². The summed E-state index contributed by atoms with van der Waals surface area (Å²) in [6, 6.07) is 14.3. The summed E-state index contributed by atoms with van der Waals surface area (Å²) in [5.74, 6) is 0. The number of anilines is 2. The molecule has 1 aliphatic rings. The number of nitrogens with zero attached hydrogens (tertiary/aromatic N) is 1. The zero-order valence-corrected chi connectivity index (χ0v) is 7.99. The summed E-state index contributed by atoms with van der Waals surface area (Å²) in [5, 5.41) is 17.5. The fourth-order valence-corrected chi connectivity index (χ4v) is 1.99. The molecule has 0 amide bonds. The summed E-state index contributed by atoms with van der Waals surface area (Å²) >= 11 is 0. The highest BCUT2D eigenvalue weighted by molar-refractivity contribution is 6.04. The number of hydrogen-bond acceptors (Lipinski definition) is 3. The van der Waals surface area contributed by atoms with Gasteiger partial charge in [-0.2, -0.15) is 5.26 Å². The largest absolute Gasteiger partial charge is 0.353 e. The summed E-state index contributed by atoms with van der Waals surface area (Å²) in [7, 11) is 0. The Hall–Kier alpha value is -2.21. The van der Waals surface area contributed by atoms with Crippen LogP contribution in [0.15, 0.2) is 36.4 Å². The van der Waals surface area contributed by atoms with Gasteiger partial charge in [0.15, 0.2) is 6.17 Å². The first-order chi connectivity index (χ1) is 7.38. The van der Waals surface area contributed by atoms with Crippen molar-refractivity contribution in [2.24, 2.45) is 0 Å². The van der Waals surface area contributed by atoms with Crippen molar-refractivity contribution >= 4 is 22.1 Å². The van der Waals surface area contributed by atoms with Crippen molar-refractivity contribution in [3.63, 3.8) is 0 Å². The molecule has 0 fully saturated rings. The van der Waals surface area contributed by atoms with Gasteiger partial charge in [0.2, 0.25) is 0 Å². The molecule has 1 aliphatic heterocycles. The minimum Gasteiger partial charge on any atom is -0.353 e. The summed E-state index contributed by atoms with van der Waals surface area (Å²) in [4.78, 5) is 0. The van der Waals surface area contributed by atoms with E-state index in [9.17, 15) is 0 Å². The lowest BCUT2D eigenvalue weighted by Gasteiger charge is -2.24. The van der Waals surface area contributed by atoms with Crippen molar-refractivity contribution in [3.8, 4) is 6.07 Å². The fraction of sp³-hybridized carbons (Fsp3) is 0.0833. The Balaban J connectivity index is 2.32. The summed E-state index contributed by atoms with van der Waals surface area (Å²) < 4.78 is 0. The molecule has 0 aromatic heterocycles. The van der Waals surface area contributed by atoms with Crippen molar-refractivity contribution in [1.82, 2.24) is 0 Å². The predicted octanol–water partition coefficient (Wildman–Crippen LogP) is 2.53. The number of nitriles is 1. The molecule has 15 heavy (non-hydrogen) atoms. The second-order valence-corrected chi connectivity index (χ2v) is 3.56. The smallest absolute Gasteiger partial charge is 0.187 e. The molecule has 0 atom stereocenters. The summed E-state index contributed by atoms with van der Waals surface area (Å²) in [6.45, 7) is 0. The first-order valence-corrected chi connectivity index (χ1v) is 4.83. The maximum absolute atomic E-state index is 8.90. The van der Waals surface area contributed by atoms with Crippen LogP contribution < -0.4 is 10.6 Å². The monoisotopic (exact) mass is 195 g/mol. The SMILES string of the molecule is N#CC1Nc2cccc3cccc(c23)N1. The van der Waals surface area contributed by atoms with Gasteiger partial charge in [0, 0.05) is 16.8 Å². The Kier molecular flexibility index (Phi) is 1.57. The van der Waals surface area contributed by atoms with E-state index < -0.39 is 0 Å². The van der Waals surface area contributed by atoms with Crippen molar-refractivity contribution in [3.05, 3.63) is 36.4 Å². The van der Waals surface area contributed by atoms with Crippen LogP contribution >= 0.6 is 0 Å². The molecule has 0 spiro atoms. The normalized spacial score (nSPS) is 14.1. The molecule has 3 rings (SSSR count). The van der Waals surface area contributed by atoms with Gasteiger partial charge in [-0.1, -0.05) is 24.3 Å². The van der Waals surface area contributed by atoms with E-state index >= 15 is 0 Å². The first kappa shape index (κ1) is 8.13. The number of hydrogen-bond donors (Lipinski definition) is 2. The van der Waals surface area contributed by atoms with Crippen LogP contribution in [0.4, 0.5) is 11.4 Å². The van der Waals surface area contributed by atoms with E-state index in [1.165, 1.54) is 5.39 Å². The highest BCUT2D eigenvalue weighted by Gasteiger charge is 2.17. The summed E-state index contributed by atoms with van der Waals surface area (Å²) in [5.41, 5.74) is 2.04. The third-order valence-corrected chi connectivity index (χ3v) is 2.63. The van der Waals surface area contributed by atoms with Crippen LogP contribution in [0.5, 0.6) is 0 Å². The minimum absolute atomic E-state index is 0.342. The van der Waals surface area contributed by atoms with Gasteiger partial charge in [-0.15, -0.1) is 0 Å². The average molecular weight is 195 g/mol. The third-order valence-electron chi connectivity index (χ3n) is 2.63. The lowest BCUT2D eigenvalue weighted by molar-refractivity contribution is 1.02. The van der Waals surface area contributed by atoms with E-state index in [1.54, 1.807) is 0 Å². The molecule has 0 aliphatic carbocycles. The van der Waals surface area contributed by atoms with Gasteiger partial charge < -0.3 is 10.6 Å². The second kappa shape index (κ2) is 2.89. The lowest BCUT2D eigenvalue weighted by Crippen LogP contribution is -2.29. The maximum Gasteiger partial charge on any atom is 0.187 e. The van der Waals surface area contributed by atoms with Crippen molar-refractivity contribution < 1.29 is 0 Å². The van der Waals surface area contributed by atoms with Gasteiger partial charge in [-0.05, 0) is 17.5 Å². The Morgan fingerprint density at radius 3 is 2.13 bits per heavy atom. The molecule has 0 bridgehead atoms. The van der Waals surface area contributed by atoms with Gasteiger partial charge in [0.05, 0.1) is 0 Å². The maximum atomic E-state index is 8.90. The fourth-order valence-electron chi connectivity index (χ4n) is 1.99. The molecule has 0 unspecified atom stereocenters. The standard InChI is InChI=1S/C12H9N3/c13-7-11-14-9-5-1-3-8-4-2-6-10(15-11)12(8)9/h1-6,11,14-15H. The van der Waals surface area contributed by atoms with Crippen molar-refractivity contribution in [2.75, 3.05) is 10.6 Å². The molecule has 3 heteroatoms. The van der Waals surface area contributed by atoms with Crippen LogP contribution in [-0.4, -0.2) is 6.17 Å². The van der Waals surface area contributed by atoms with E-state index in [0.717, 1.165) is 16.8 Å². The Morgan fingerprint density at radius 2 is 1.60 bits per heavy atom. The Labute approximate surface area is 87.3 Å². The van der Waals surface area contributed by atoms with Gasteiger partial charge in [0.1, 0.15) is 6.07 Å². The molecule has 0 radical (unpaired) electrons. The van der Waals surface area contributed by atoms with E-state index in [2.05, 4.69) is 28.8 Å². The van der Waals surface area contributed by atoms with Crippen molar-refractivity contribution in [2.45, 2.75) is 6.17 Å². The quantitative estimate of drug-likeness (QED) is 0.679. The highest BCUT2D eigenvalue weighted by Crippen LogP contribution is 2.34. The molecule has 3 nitrogen and oxygen atoms in total. The summed E-state index contributed by atoms with van der Waals surface area (Å²) in [6.07, 6.45) is -0.342. The Bertz CT molecular complexity index is 528. The zero-order valence-electron chi connectivity index (χ0n) is 7.99. The predicted molar refractivity (Wildman–Crippen MR) is 60.6 cm³/mol.